The molecule has 0 heterocycles. The number of rotatable bonds is 18. The molecule has 2 N–H and O–H groups in total. The summed E-state index contributed by atoms with van der Waals surface area (Å²) in [6, 6.07) is 0. The molecular formula is C20H42NO. The van der Waals surface area contributed by atoms with Gasteiger partial charge in [-0.2, -0.15) is 0 Å². The molecule has 0 aromatic heterocycles. The maximum absolute atomic E-state index is 9.38. The van der Waals surface area contributed by atoms with E-state index in [1.807, 2.05) is 0 Å². The number of aliphatic hydroxyl groups excluding tert-OH is 1. The van der Waals surface area contributed by atoms with Crippen LogP contribution in [0.2, 0.25) is 0 Å². The molecule has 133 valence electrons. The molecule has 0 aliphatic carbocycles. The third-order valence-electron chi connectivity index (χ3n) is 4.43. The second kappa shape index (κ2) is 19.0. The lowest BCUT2D eigenvalue weighted by atomic mass is 10.1. The minimum atomic E-state index is -0.201. The highest BCUT2D eigenvalue weighted by molar-refractivity contribution is 4.58. The highest BCUT2D eigenvalue weighted by Crippen LogP contribution is 2.11. The first-order chi connectivity index (χ1) is 10.8. The van der Waals surface area contributed by atoms with Crippen molar-refractivity contribution in [2.45, 2.75) is 109 Å². The van der Waals surface area contributed by atoms with Crippen LogP contribution in [-0.4, -0.2) is 24.3 Å². The summed E-state index contributed by atoms with van der Waals surface area (Å²) in [6.07, 6.45) is 19.3. The summed E-state index contributed by atoms with van der Waals surface area (Å²) in [7, 11) is 0. The molecule has 0 saturated heterocycles. The van der Waals surface area contributed by atoms with E-state index in [4.69, 9.17) is 0 Å². The molecule has 0 aromatic carbocycles. The predicted molar refractivity (Wildman–Crippen MR) is 99.2 cm³/mol. The van der Waals surface area contributed by atoms with Crippen molar-refractivity contribution in [3.63, 3.8) is 0 Å². The highest BCUT2D eigenvalue weighted by Gasteiger charge is 1.99. The van der Waals surface area contributed by atoms with Crippen LogP contribution in [0.15, 0.2) is 0 Å². The Balaban J connectivity index is 2.97. The van der Waals surface area contributed by atoms with Gasteiger partial charge in [-0.3, -0.25) is 0 Å². The zero-order valence-electron chi connectivity index (χ0n) is 15.3. The predicted octanol–water partition coefficient (Wildman–Crippen LogP) is 5.64. The molecule has 2 nitrogen and oxygen atoms in total. The first kappa shape index (κ1) is 21.9. The van der Waals surface area contributed by atoms with Crippen molar-refractivity contribution in [1.29, 1.82) is 0 Å². The summed E-state index contributed by atoms with van der Waals surface area (Å²) < 4.78 is 0. The zero-order valence-corrected chi connectivity index (χ0v) is 15.3. The van der Waals surface area contributed by atoms with Crippen molar-refractivity contribution in [2.24, 2.45) is 0 Å². The van der Waals surface area contributed by atoms with E-state index in [1.165, 1.54) is 77.0 Å². The molecule has 0 rings (SSSR count). The van der Waals surface area contributed by atoms with E-state index >= 15 is 0 Å². The van der Waals surface area contributed by atoms with E-state index in [-0.39, 0.29) is 6.10 Å². The van der Waals surface area contributed by atoms with Crippen LogP contribution in [0.3, 0.4) is 0 Å². The molecule has 1 radical (unpaired) electrons. The molecule has 0 aliphatic rings. The van der Waals surface area contributed by atoms with Crippen molar-refractivity contribution in [3.05, 3.63) is 6.92 Å². The summed E-state index contributed by atoms with van der Waals surface area (Å²) in [5, 5.41) is 12.9. The number of unbranched alkanes of at least 4 members (excludes halogenated alkanes) is 11. The molecule has 0 spiro atoms. The van der Waals surface area contributed by atoms with Crippen molar-refractivity contribution >= 4 is 0 Å². The van der Waals surface area contributed by atoms with Gasteiger partial charge < -0.3 is 10.4 Å². The summed E-state index contributed by atoms with van der Waals surface area (Å²) in [5.74, 6) is 0. The fourth-order valence-corrected chi connectivity index (χ4v) is 2.82. The van der Waals surface area contributed by atoms with Gasteiger partial charge in [0, 0.05) is 0 Å². The molecule has 0 bridgehead atoms. The first-order valence-corrected chi connectivity index (χ1v) is 9.99. The van der Waals surface area contributed by atoms with Crippen LogP contribution in [0.25, 0.3) is 0 Å². The standard InChI is InChI=1S/C20H42NO/c1-3-5-6-7-8-9-10-11-12-13-14-15-18-21-19-16-17-20(22)4-2/h20-22H,2-19H2,1H3. The Hall–Kier alpha value is -0.0800. The van der Waals surface area contributed by atoms with Crippen LogP contribution >= 0.6 is 0 Å². The van der Waals surface area contributed by atoms with E-state index in [1.54, 1.807) is 0 Å². The van der Waals surface area contributed by atoms with Crippen LogP contribution in [0.1, 0.15) is 103 Å². The van der Waals surface area contributed by atoms with E-state index < -0.39 is 0 Å². The third-order valence-corrected chi connectivity index (χ3v) is 4.43. The van der Waals surface area contributed by atoms with E-state index in [9.17, 15) is 5.11 Å². The van der Waals surface area contributed by atoms with E-state index in [0.29, 0.717) is 6.42 Å². The second-order valence-electron chi connectivity index (χ2n) is 6.72. The van der Waals surface area contributed by atoms with Crippen molar-refractivity contribution in [2.75, 3.05) is 13.1 Å². The quantitative estimate of drug-likeness (QED) is 0.321. The Morgan fingerprint density at radius 3 is 1.68 bits per heavy atom. The largest absolute Gasteiger partial charge is 0.393 e. The van der Waals surface area contributed by atoms with E-state index in [2.05, 4.69) is 19.2 Å². The van der Waals surface area contributed by atoms with E-state index in [0.717, 1.165) is 25.9 Å². The fraction of sp³-hybridized carbons (Fsp3) is 0.950. The molecule has 0 aliphatic heterocycles. The smallest absolute Gasteiger partial charge is 0.0540 e. The van der Waals surface area contributed by atoms with Crippen LogP contribution in [-0.2, 0) is 0 Å². The van der Waals surface area contributed by atoms with Gasteiger partial charge in [0.2, 0.25) is 0 Å². The van der Waals surface area contributed by atoms with Gasteiger partial charge in [0.05, 0.1) is 6.10 Å². The summed E-state index contributed by atoms with van der Waals surface area (Å²) in [6.45, 7) is 8.16. The van der Waals surface area contributed by atoms with Crippen molar-refractivity contribution < 1.29 is 5.11 Å². The fourth-order valence-electron chi connectivity index (χ4n) is 2.82. The number of hydrogen-bond donors (Lipinski definition) is 2. The molecular weight excluding hydrogens is 270 g/mol. The van der Waals surface area contributed by atoms with Gasteiger partial charge >= 0.3 is 0 Å². The third kappa shape index (κ3) is 18.0. The van der Waals surface area contributed by atoms with Gasteiger partial charge in [0.15, 0.2) is 0 Å². The molecule has 1 unspecified atom stereocenters. The van der Waals surface area contributed by atoms with Gasteiger partial charge in [0.25, 0.3) is 0 Å². The van der Waals surface area contributed by atoms with Crippen molar-refractivity contribution in [3.8, 4) is 0 Å². The topological polar surface area (TPSA) is 32.3 Å². The molecule has 0 aromatic rings. The Kier molecular flexibility index (Phi) is 18.9. The van der Waals surface area contributed by atoms with Gasteiger partial charge in [-0.15, -0.1) is 0 Å². The van der Waals surface area contributed by atoms with Gasteiger partial charge in [-0.1, -0.05) is 84.5 Å². The minimum Gasteiger partial charge on any atom is -0.393 e. The lowest BCUT2D eigenvalue weighted by Gasteiger charge is -2.08. The highest BCUT2D eigenvalue weighted by atomic mass is 16.3. The second-order valence-corrected chi connectivity index (χ2v) is 6.72. The average Bonchev–Trinajstić information content (AvgIpc) is 2.54. The normalized spacial score (nSPS) is 12.7. The van der Waals surface area contributed by atoms with Crippen LogP contribution in [0.5, 0.6) is 0 Å². The Labute approximate surface area is 140 Å². The lowest BCUT2D eigenvalue weighted by molar-refractivity contribution is 0.164. The molecule has 0 amide bonds. The Morgan fingerprint density at radius 1 is 0.727 bits per heavy atom. The maximum Gasteiger partial charge on any atom is 0.0540 e. The molecule has 22 heavy (non-hydrogen) atoms. The van der Waals surface area contributed by atoms with Gasteiger partial charge in [0.1, 0.15) is 0 Å². The molecule has 1 atom stereocenters. The van der Waals surface area contributed by atoms with Crippen molar-refractivity contribution in [1.82, 2.24) is 5.32 Å². The Bertz CT molecular complexity index is 196. The summed E-state index contributed by atoms with van der Waals surface area (Å²) in [4.78, 5) is 0. The average molecular weight is 313 g/mol. The lowest BCUT2D eigenvalue weighted by Crippen LogP contribution is -2.18. The molecule has 2 heteroatoms. The maximum atomic E-state index is 9.38. The number of hydrogen-bond acceptors (Lipinski definition) is 2. The minimum absolute atomic E-state index is 0.201. The van der Waals surface area contributed by atoms with Crippen LogP contribution in [0, 0.1) is 6.92 Å². The monoisotopic (exact) mass is 312 g/mol. The van der Waals surface area contributed by atoms with Crippen LogP contribution < -0.4 is 5.32 Å². The van der Waals surface area contributed by atoms with Gasteiger partial charge in [-0.25, -0.2) is 0 Å². The summed E-state index contributed by atoms with van der Waals surface area (Å²) >= 11 is 0. The summed E-state index contributed by atoms with van der Waals surface area (Å²) in [5.41, 5.74) is 0. The molecule has 0 saturated carbocycles. The SMILES string of the molecule is [CH2]CC(O)CCCNCCCCCCCCCCCCCC. The first-order valence-electron chi connectivity index (χ1n) is 9.99. The Morgan fingerprint density at radius 2 is 1.18 bits per heavy atom. The zero-order chi connectivity index (χ0) is 16.3. The number of nitrogens with one attached hydrogen (secondary N) is 1. The number of aliphatic hydroxyl groups is 1. The van der Waals surface area contributed by atoms with Gasteiger partial charge in [-0.05, 0) is 38.8 Å². The van der Waals surface area contributed by atoms with Crippen LogP contribution in [0.4, 0.5) is 0 Å². The molecule has 0 fully saturated rings.